The molecular weight excluding hydrogens is 434 g/mol. The molecule has 0 bridgehead atoms. The summed E-state index contributed by atoms with van der Waals surface area (Å²) in [6.07, 6.45) is 1.64. The summed E-state index contributed by atoms with van der Waals surface area (Å²) >= 11 is 15.0. The summed E-state index contributed by atoms with van der Waals surface area (Å²) in [7, 11) is 0. The molecule has 0 radical (unpaired) electrons. The predicted octanol–water partition coefficient (Wildman–Crippen LogP) is 4.79. The normalized spacial score (nSPS) is 10.7. The van der Waals surface area contributed by atoms with Crippen LogP contribution < -0.4 is 5.32 Å². The van der Waals surface area contributed by atoms with Crippen LogP contribution in [-0.2, 0) is 6.54 Å². The molecule has 128 valence electrons. The van der Waals surface area contributed by atoms with E-state index < -0.39 is 5.91 Å². The number of benzene rings is 1. The fourth-order valence-corrected chi connectivity index (χ4v) is 3.00. The first-order valence-corrected chi connectivity index (χ1v) is 8.58. The minimum Gasteiger partial charge on any atom is -0.303 e. The average molecular weight is 444 g/mol. The van der Waals surface area contributed by atoms with E-state index in [4.69, 9.17) is 23.2 Å². The number of halogens is 4. The maximum Gasteiger partial charge on any atom is 0.275 e. The van der Waals surface area contributed by atoms with Crippen molar-refractivity contribution in [1.29, 1.82) is 0 Å². The number of nitrogens with one attached hydrogen (secondary N) is 1. The van der Waals surface area contributed by atoms with Crippen molar-refractivity contribution in [3.63, 3.8) is 0 Å². The van der Waals surface area contributed by atoms with Gasteiger partial charge in [-0.3, -0.25) is 9.48 Å². The van der Waals surface area contributed by atoms with Crippen LogP contribution >= 0.6 is 39.1 Å². The van der Waals surface area contributed by atoms with E-state index >= 15 is 0 Å². The Morgan fingerprint density at radius 2 is 2.04 bits per heavy atom. The summed E-state index contributed by atoms with van der Waals surface area (Å²) in [6, 6.07) is 9.24. The summed E-state index contributed by atoms with van der Waals surface area (Å²) in [5.41, 5.74) is 0.548. The van der Waals surface area contributed by atoms with Gasteiger partial charge >= 0.3 is 0 Å². The summed E-state index contributed by atoms with van der Waals surface area (Å²) < 4.78 is 15.8. The zero-order valence-corrected chi connectivity index (χ0v) is 15.6. The fourth-order valence-electron chi connectivity index (χ4n) is 2.12. The van der Waals surface area contributed by atoms with Crippen molar-refractivity contribution in [2.24, 2.45) is 0 Å². The third kappa shape index (κ3) is 4.36. The molecule has 0 atom stereocenters. The number of carbonyl (C=O) groups excluding carboxylic acids is 1. The largest absolute Gasteiger partial charge is 0.303 e. The van der Waals surface area contributed by atoms with Gasteiger partial charge in [0, 0.05) is 16.8 Å². The van der Waals surface area contributed by atoms with Crippen molar-refractivity contribution in [3.8, 4) is 0 Å². The van der Waals surface area contributed by atoms with E-state index in [2.05, 4.69) is 31.3 Å². The molecule has 5 nitrogen and oxygen atoms in total. The van der Waals surface area contributed by atoms with Gasteiger partial charge in [-0.15, -0.1) is 0 Å². The van der Waals surface area contributed by atoms with Crippen molar-refractivity contribution >= 4 is 50.9 Å². The van der Waals surface area contributed by atoms with Crippen LogP contribution in [0.1, 0.15) is 16.1 Å². The van der Waals surface area contributed by atoms with Crippen LogP contribution in [0.4, 0.5) is 10.2 Å². The van der Waals surface area contributed by atoms with E-state index in [0.717, 1.165) is 0 Å². The Bertz CT molecular complexity index is 927. The van der Waals surface area contributed by atoms with Crippen molar-refractivity contribution in [2.45, 2.75) is 6.54 Å². The van der Waals surface area contributed by atoms with Crippen molar-refractivity contribution < 1.29 is 9.18 Å². The number of amides is 1. The summed E-state index contributed by atoms with van der Waals surface area (Å²) in [6.45, 7) is 0.225. The van der Waals surface area contributed by atoms with Gasteiger partial charge in [-0.25, -0.2) is 9.37 Å². The average Bonchev–Trinajstić information content (AvgIpc) is 2.88. The zero-order valence-electron chi connectivity index (χ0n) is 12.5. The van der Waals surface area contributed by atoms with Gasteiger partial charge in [-0.2, -0.15) is 5.10 Å². The second-order valence-corrected chi connectivity index (χ2v) is 6.74. The van der Waals surface area contributed by atoms with E-state index in [1.165, 1.54) is 22.9 Å². The highest BCUT2D eigenvalue weighted by atomic mass is 79.9. The molecule has 2 aromatic heterocycles. The summed E-state index contributed by atoms with van der Waals surface area (Å²) in [5, 5.41) is 7.26. The molecule has 0 spiro atoms. The Morgan fingerprint density at radius 1 is 1.28 bits per heavy atom. The number of hydrogen-bond donors (Lipinski definition) is 1. The summed E-state index contributed by atoms with van der Waals surface area (Å²) in [5.74, 6) is -0.557. The molecule has 0 saturated heterocycles. The Hall–Kier alpha value is -1.96. The number of carbonyl (C=O) groups is 1. The lowest BCUT2D eigenvalue weighted by Gasteiger charge is -2.04. The first kappa shape index (κ1) is 17.8. The molecule has 25 heavy (non-hydrogen) atoms. The van der Waals surface area contributed by atoms with E-state index in [9.17, 15) is 9.18 Å². The van der Waals surface area contributed by atoms with Crippen LogP contribution in [0.25, 0.3) is 0 Å². The van der Waals surface area contributed by atoms with Crippen LogP contribution in [0.2, 0.25) is 10.2 Å². The quantitative estimate of drug-likeness (QED) is 0.590. The number of rotatable bonds is 4. The summed E-state index contributed by atoms with van der Waals surface area (Å²) in [4.78, 5) is 16.2. The molecule has 3 aromatic rings. The fraction of sp³-hybridized carbons (Fsp3) is 0.0625. The predicted molar refractivity (Wildman–Crippen MR) is 97.6 cm³/mol. The number of anilines is 1. The molecule has 9 heteroatoms. The van der Waals surface area contributed by atoms with Gasteiger partial charge < -0.3 is 5.32 Å². The minimum atomic E-state index is -0.513. The van der Waals surface area contributed by atoms with Crippen molar-refractivity contribution in [1.82, 2.24) is 14.8 Å². The maximum atomic E-state index is 13.7. The number of hydrogen-bond acceptors (Lipinski definition) is 3. The van der Waals surface area contributed by atoms with Crippen molar-refractivity contribution in [3.05, 3.63) is 74.3 Å². The second-order valence-electron chi connectivity index (χ2n) is 5.06. The highest BCUT2D eigenvalue weighted by molar-refractivity contribution is 9.10. The maximum absolute atomic E-state index is 13.7. The SMILES string of the molecule is O=C(Nc1nn(Cc2ccccc2F)cc1Br)c1cc(Cl)cc(Cl)n1. The van der Waals surface area contributed by atoms with Gasteiger partial charge in [0.2, 0.25) is 0 Å². The lowest BCUT2D eigenvalue weighted by atomic mass is 10.2. The number of pyridine rings is 1. The lowest BCUT2D eigenvalue weighted by molar-refractivity contribution is 0.102. The molecule has 0 aliphatic heterocycles. The molecule has 0 aliphatic rings. The monoisotopic (exact) mass is 442 g/mol. The van der Waals surface area contributed by atoms with Crippen molar-refractivity contribution in [2.75, 3.05) is 5.32 Å². The number of nitrogens with zero attached hydrogens (tertiary/aromatic N) is 3. The molecule has 1 aromatic carbocycles. The Morgan fingerprint density at radius 3 is 2.76 bits per heavy atom. The van der Waals surface area contributed by atoms with Gasteiger partial charge in [0.15, 0.2) is 5.82 Å². The van der Waals surface area contributed by atoms with Crippen LogP contribution in [0, 0.1) is 5.82 Å². The van der Waals surface area contributed by atoms with Crippen LogP contribution in [0.15, 0.2) is 47.1 Å². The molecule has 2 heterocycles. The molecule has 0 unspecified atom stereocenters. The molecule has 1 N–H and O–H groups in total. The topological polar surface area (TPSA) is 59.8 Å². The van der Waals surface area contributed by atoms with Crippen LogP contribution in [0.3, 0.4) is 0 Å². The van der Waals surface area contributed by atoms with E-state index in [-0.39, 0.29) is 29.0 Å². The van der Waals surface area contributed by atoms with Gasteiger partial charge in [-0.05, 0) is 34.1 Å². The number of aromatic nitrogens is 3. The molecule has 0 aliphatic carbocycles. The molecule has 0 fully saturated rings. The third-order valence-corrected chi connectivity index (χ3v) is 4.22. The van der Waals surface area contributed by atoms with Gasteiger partial charge in [-0.1, -0.05) is 41.4 Å². The van der Waals surface area contributed by atoms with Crippen LogP contribution in [0.5, 0.6) is 0 Å². The standard InChI is InChI=1S/C16H10BrCl2FN4O/c17-11-8-24(7-9-3-1-2-4-12(9)20)23-15(11)22-16(25)13-5-10(18)6-14(19)21-13/h1-6,8H,7H2,(H,22,23,25). The molecule has 0 saturated carbocycles. The molecular formula is C16H10BrCl2FN4O. The van der Waals surface area contributed by atoms with Gasteiger partial charge in [0.25, 0.3) is 5.91 Å². The molecule has 1 amide bonds. The van der Waals surface area contributed by atoms with Crippen LogP contribution in [-0.4, -0.2) is 20.7 Å². The van der Waals surface area contributed by atoms with E-state index in [0.29, 0.717) is 15.1 Å². The smallest absolute Gasteiger partial charge is 0.275 e. The lowest BCUT2D eigenvalue weighted by Crippen LogP contribution is -2.15. The molecule has 3 rings (SSSR count). The second kappa shape index (κ2) is 7.51. The van der Waals surface area contributed by atoms with E-state index in [1.807, 2.05) is 0 Å². The highest BCUT2D eigenvalue weighted by Crippen LogP contribution is 2.22. The van der Waals surface area contributed by atoms with Gasteiger partial charge in [0.1, 0.15) is 16.7 Å². The van der Waals surface area contributed by atoms with Gasteiger partial charge in [0.05, 0.1) is 11.0 Å². The third-order valence-electron chi connectivity index (χ3n) is 3.23. The first-order valence-electron chi connectivity index (χ1n) is 7.03. The van der Waals surface area contributed by atoms with E-state index in [1.54, 1.807) is 24.4 Å². The Labute approximate surface area is 160 Å². The highest BCUT2D eigenvalue weighted by Gasteiger charge is 2.15. The minimum absolute atomic E-state index is 0.0630. The Kier molecular flexibility index (Phi) is 5.36. The first-order chi connectivity index (χ1) is 11.9. The Balaban J connectivity index is 1.78. The zero-order chi connectivity index (χ0) is 18.0.